The van der Waals surface area contributed by atoms with E-state index in [0.717, 1.165) is 5.56 Å². The van der Waals surface area contributed by atoms with E-state index in [1.54, 1.807) is 36.2 Å². The fourth-order valence-electron chi connectivity index (χ4n) is 2.99. The summed E-state index contributed by atoms with van der Waals surface area (Å²) in [5.74, 6) is -0.0914. The average molecular weight is 318 g/mol. The van der Waals surface area contributed by atoms with Gasteiger partial charge in [-0.05, 0) is 18.7 Å². The molecule has 0 unspecified atom stereocenters. The molecule has 3 rings (SSSR count). The van der Waals surface area contributed by atoms with E-state index in [9.17, 15) is 10.0 Å². The van der Waals surface area contributed by atoms with Gasteiger partial charge in [0.1, 0.15) is 5.71 Å². The van der Waals surface area contributed by atoms with Crippen LogP contribution in [-0.2, 0) is 6.54 Å². The molecule has 0 amide bonds. The summed E-state index contributed by atoms with van der Waals surface area (Å²) in [5, 5.41) is 12.9. The van der Waals surface area contributed by atoms with Gasteiger partial charge in [0.15, 0.2) is 0 Å². The highest BCUT2D eigenvalue weighted by Crippen LogP contribution is 2.29. The molecule has 0 bridgehead atoms. The van der Waals surface area contributed by atoms with Crippen LogP contribution in [0.2, 0.25) is 0 Å². The maximum absolute atomic E-state index is 13.0. The van der Waals surface area contributed by atoms with Gasteiger partial charge in [0, 0.05) is 23.2 Å². The maximum atomic E-state index is 13.0. The van der Waals surface area contributed by atoms with E-state index in [-0.39, 0.29) is 5.78 Å². The van der Waals surface area contributed by atoms with Crippen LogP contribution in [0.4, 0.5) is 0 Å². The topological polar surface area (TPSA) is 52.9 Å². The van der Waals surface area contributed by atoms with Crippen LogP contribution in [0.3, 0.4) is 0 Å². The smallest absolute Gasteiger partial charge is 0.210 e. The predicted octanol–water partition coefficient (Wildman–Crippen LogP) is 3.98. The van der Waals surface area contributed by atoms with Gasteiger partial charge in [0.05, 0.1) is 5.70 Å². The summed E-state index contributed by atoms with van der Waals surface area (Å²) in [4.78, 5) is 14.8. The highest BCUT2D eigenvalue weighted by atomic mass is 16.4. The molecule has 0 fully saturated rings. The highest BCUT2D eigenvalue weighted by Gasteiger charge is 2.31. The number of oxime groups is 1. The quantitative estimate of drug-likeness (QED) is 0.685. The fourth-order valence-corrected chi connectivity index (χ4v) is 2.99. The van der Waals surface area contributed by atoms with Crippen molar-refractivity contribution in [2.24, 2.45) is 5.16 Å². The lowest BCUT2D eigenvalue weighted by Crippen LogP contribution is -2.30. The molecule has 4 nitrogen and oxygen atoms in total. The molecule has 0 atom stereocenters. The largest absolute Gasteiger partial charge is 0.410 e. The minimum atomic E-state index is -0.0914. The number of carbonyl (C=O) groups is 1. The first-order valence-corrected chi connectivity index (χ1v) is 7.68. The van der Waals surface area contributed by atoms with Crippen LogP contribution in [0.1, 0.15) is 28.4 Å². The standard InChI is InChI=1S/C20H18N2O2/c1-3-22(13-15-9-5-4-6-10-15)19-14(2)18(21-24)16-11-7-8-12-17(16)20(19)23/h3-12,24H,1,13H2,2H3/b21-18-. The van der Waals surface area contributed by atoms with E-state index in [4.69, 9.17) is 0 Å². The summed E-state index contributed by atoms with van der Waals surface area (Å²) < 4.78 is 0. The molecule has 0 saturated heterocycles. The Morgan fingerprint density at radius 1 is 1.08 bits per heavy atom. The summed E-state index contributed by atoms with van der Waals surface area (Å²) in [6.07, 6.45) is 1.63. The van der Waals surface area contributed by atoms with Crippen molar-refractivity contribution in [3.63, 3.8) is 0 Å². The van der Waals surface area contributed by atoms with Gasteiger partial charge < -0.3 is 10.1 Å². The van der Waals surface area contributed by atoms with Gasteiger partial charge in [-0.3, -0.25) is 4.79 Å². The van der Waals surface area contributed by atoms with Crippen LogP contribution in [0.15, 0.2) is 83.8 Å². The molecule has 0 saturated carbocycles. The predicted molar refractivity (Wildman–Crippen MR) is 94.0 cm³/mol. The number of allylic oxidation sites excluding steroid dienone is 2. The molecule has 1 aliphatic carbocycles. The number of hydrogen-bond acceptors (Lipinski definition) is 4. The second-order valence-corrected chi connectivity index (χ2v) is 5.59. The molecule has 4 heteroatoms. The first kappa shape index (κ1) is 15.7. The second-order valence-electron chi connectivity index (χ2n) is 5.59. The first-order valence-electron chi connectivity index (χ1n) is 7.68. The molecule has 0 aliphatic heterocycles. The van der Waals surface area contributed by atoms with Crippen LogP contribution < -0.4 is 0 Å². The van der Waals surface area contributed by atoms with E-state index in [0.29, 0.717) is 34.7 Å². The van der Waals surface area contributed by atoms with Crippen molar-refractivity contribution in [3.8, 4) is 0 Å². The molecular weight excluding hydrogens is 300 g/mol. The van der Waals surface area contributed by atoms with E-state index in [1.807, 2.05) is 36.4 Å². The van der Waals surface area contributed by atoms with E-state index < -0.39 is 0 Å². The molecular formula is C20H18N2O2. The van der Waals surface area contributed by atoms with E-state index in [1.165, 1.54) is 0 Å². The van der Waals surface area contributed by atoms with Gasteiger partial charge in [-0.1, -0.05) is 66.3 Å². The molecule has 24 heavy (non-hydrogen) atoms. The Labute approximate surface area is 141 Å². The van der Waals surface area contributed by atoms with Crippen LogP contribution in [0, 0.1) is 0 Å². The van der Waals surface area contributed by atoms with Crippen LogP contribution in [-0.4, -0.2) is 21.6 Å². The zero-order valence-corrected chi connectivity index (χ0v) is 13.4. The van der Waals surface area contributed by atoms with Crippen molar-refractivity contribution in [1.29, 1.82) is 0 Å². The Morgan fingerprint density at radius 3 is 2.33 bits per heavy atom. The third-order valence-electron chi connectivity index (χ3n) is 4.16. The van der Waals surface area contributed by atoms with Crippen molar-refractivity contribution < 1.29 is 10.0 Å². The Morgan fingerprint density at radius 2 is 1.71 bits per heavy atom. The number of rotatable bonds is 4. The van der Waals surface area contributed by atoms with Crippen molar-refractivity contribution >= 4 is 11.5 Å². The SMILES string of the molecule is C=CN(Cc1ccccc1)C1=C(C)/C(=N/O)c2ccccc2C1=O. The number of nitrogens with zero attached hydrogens (tertiary/aromatic N) is 2. The molecule has 2 aromatic rings. The maximum Gasteiger partial charge on any atom is 0.210 e. The lowest BCUT2D eigenvalue weighted by Gasteiger charge is -2.29. The number of carbonyl (C=O) groups excluding carboxylic acids is 1. The van der Waals surface area contributed by atoms with Gasteiger partial charge in [0.2, 0.25) is 5.78 Å². The number of Topliss-reactive ketones (excluding diaryl/α,β-unsaturated/α-hetero) is 1. The van der Waals surface area contributed by atoms with E-state index >= 15 is 0 Å². The van der Waals surface area contributed by atoms with Gasteiger partial charge >= 0.3 is 0 Å². The normalized spacial score (nSPS) is 15.4. The zero-order valence-electron chi connectivity index (χ0n) is 13.4. The number of benzene rings is 2. The third kappa shape index (κ3) is 2.63. The lowest BCUT2D eigenvalue weighted by atomic mass is 9.86. The fraction of sp³-hybridized carbons (Fsp3) is 0.100. The molecule has 0 radical (unpaired) electrons. The van der Waals surface area contributed by atoms with Crippen molar-refractivity contribution in [2.75, 3.05) is 0 Å². The number of hydrogen-bond donors (Lipinski definition) is 1. The van der Waals surface area contributed by atoms with Gasteiger partial charge in [-0.25, -0.2) is 0 Å². The highest BCUT2D eigenvalue weighted by molar-refractivity contribution is 6.28. The Balaban J connectivity index is 2.08. The van der Waals surface area contributed by atoms with Gasteiger partial charge in [0.25, 0.3) is 0 Å². The van der Waals surface area contributed by atoms with E-state index in [2.05, 4.69) is 11.7 Å². The van der Waals surface area contributed by atoms with Crippen LogP contribution in [0.25, 0.3) is 0 Å². The van der Waals surface area contributed by atoms with Crippen LogP contribution >= 0.6 is 0 Å². The van der Waals surface area contributed by atoms with Crippen molar-refractivity contribution in [1.82, 2.24) is 4.90 Å². The zero-order chi connectivity index (χ0) is 17.1. The number of ketones is 1. The molecule has 0 aromatic heterocycles. The van der Waals surface area contributed by atoms with Gasteiger partial charge in [-0.15, -0.1) is 0 Å². The summed E-state index contributed by atoms with van der Waals surface area (Å²) >= 11 is 0. The van der Waals surface area contributed by atoms with Crippen molar-refractivity contribution in [2.45, 2.75) is 13.5 Å². The third-order valence-corrected chi connectivity index (χ3v) is 4.16. The minimum Gasteiger partial charge on any atom is -0.410 e. The summed E-state index contributed by atoms with van der Waals surface area (Å²) in [5.41, 5.74) is 3.78. The summed E-state index contributed by atoms with van der Waals surface area (Å²) in [6, 6.07) is 17.0. The van der Waals surface area contributed by atoms with Crippen molar-refractivity contribution in [3.05, 3.63) is 95.3 Å². The summed E-state index contributed by atoms with van der Waals surface area (Å²) in [7, 11) is 0. The Bertz CT molecular complexity index is 851. The molecule has 0 heterocycles. The molecule has 0 spiro atoms. The molecule has 1 N–H and O–H groups in total. The number of fused-ring (bicyclic) bond motifs is 1. The first-order chi connectivity index (χ1) is 11.7. The van der Waals surface area contributed by atoms with Gasteiger partial charge in [-0.2, -0.15) is 0 Å². The Hall–Kier alpha value is -3.14. The monoisotopic (exact) mass is 318 g/mol. The average Bonchev–Trinajstić information content (AvgIpc) is 2.62. The summed E-state index contributed by atoms with van der Waals surface area (Å²) in [6.45, 7) is 6.15. The molecule has 1 aliphatic rings. The Kier molecular flexibility index (Phi) is 4.29. The molecule has 2 aromatic carbocycles. The second kappa shape index (κ2) is 6.54. The lowest BCUT2D eigenvalue weighted by molar-refractivity contribution is 0.0999. The minimum absolute atomic E-state index is 0.0914. The van der Waals surface area contributed by atoms with Crippen LogP contribution in [0.5, 0.6) is 0 Å². The molecule has 120 valence electrons.